The summed E-state index contributed by atoms with van der Waals surface area (Å²) in [5, 5.41) is 16.5. The van der Waals surface area contributed by atoms with E-state index in [9.17, 15) is 0 Å². The molecule has 0 radical (unpaired) electrons. The van der Waals surface area contributed by atoms with Crippen molar-refractivity contribution in [3.05, 3.63) is 65.2 Å². The van der Waals surface area contributed by atoms with E-state index >= 15 is 0 Å². The Kier molecular flexibility index (Phi) is 10.00. The minimum Gasteiger partial charge on any atom is -0.497 e. The molecule has 6 rings (SSSR count). The summed E-state index contributed by atoms with van der Waals surface area (Å²) in [6.45, 7) is 1.88. The van der Waals surface area contributed by atoms with Crippen molar-refractivity contribution >= 4 is 56.9 Å². The van der Waals surface area contributed by atoms with Gasteiger partial charge in [-0.25, -0.2) is 4.98 Å². The highest BCUT2D eigenvalue weighted by molar-refractivity contribution is 6.31. The van der Waals surface area contributed by atoms with Crippen LogP contribution in [0.25, 0.3) is 21.8 Å². The molecule has 1 aliphatic carbocycles. The van der Waals surface area contributed by atoms with E-state index in [2.05, 4.69) is 31.2 Å². The molecule has 0 atom stereocenters. The Morgan fingerprint density at radius 3 is 2.20 bits per heavy atom. The van der Waals surface area contributed by atoms with Gasteiger partial charge in [0, 0.05) is 65.4 Å². The number of fused-ring (bicyclic) bond motifs is 2. The number of nitrogens with one attached hydrogen (secondary N) is 4. The van der Waals surface area contributed by atoms with Crippen LogP contribution in [0.5, 0.6) is 17.2 Å². The second-order valence-corrected chi connectivity index (χ2v) is 11.7. The summed E-state index contributed by atoms with van der Waals surface area (Å²) in [6, 6.07) is 17.7. The lowest BCUT2D eigenvalue weighted by atomic mass is 9.96. The third-order valence-electron chi connectivity index (χ3n) is 8.12. The highest BCUT2D eigenvalue weighted by Gasteiger charge is 2.16. The van der Waals surface area contributed by atoms with Gasteiger partial charge in [-0.2, -0.15) is 15.0 Å². The molecule has 1 fully saturated rings. The van der Waals surface area contributed by atoms with Crippen molar-refractivity contribution in [2.75, 3.05) is 50.4 Å². The van der Waals surface area contributed by atoms with Crippen LogP contribution in [0.2, 0.25) is 5.02 Å². The number of anilines is 4. The predicted molar refractivity (Wildman–Crippen MR) is 184 cm³/mol. The molecule has 0 saturated heterocycles. The molecule has 0 spiro atoms. The molecule has 0 aliphatic heterocycles. The van der Waals surface area contributed by atoms with Gasteiger partial charge in [-0.1, -0.05) is 36.9 Å². The number of halogens is 1. The third kappa shape index (κ3) is 7.60. The van der Waals surface area contributed by atoms with Crippen LogP contribution in [0.3, 0.4) is 0 Å². The van der Waals surface area contributed by atoms with Crippen LogP contribution in [-0.2, 0) is 6.54 Å². The van der Waals surface area contributed by atoms with Crippen molar-refractivity contribution in [1.82, 2.24) is 25.3 Å². The second-order valence-electron chi connectivity index (χ2n) is 11.3. The lowest BCUT2D eigenvalue weighted by Crippen LogP contribution is -2.25. The van der Waals surface area contributed by atoms with Gasteiger partial charge in [0.25, 0.3) is 0 Å². The molecule has 240 valence electrons. The second kappa shape index (κ2) is 14.7. The van der Waals surface area contributed by atoms with E-state index in [0.29, 0.717) is 60.0 Å². The zero-order chi connectivity index (χ0) is 31.9. The normalized spacial score (nSPS) is 13.5. The minimum absolute atomic E-state index is 0.342. The topological polar surface area (TPSA) is 127 Å². The average molecular weight is 643 g/mol. The molecule has 1 aliphatic rings. The predicted octanol–water partition coefficient (Wildman–Crippen LogP) is 6.94. The summed E-state index contributed by atoms with van der Waals surface area (Å²) in [5.74, 6) is 3.55. The zero-order valence-electron chi connectivity index (χ0n) is 26.3. The average Bonchev–Trinajstić information content (AvgIpc) is 3.07. The van der Waals surface area contributed by atoms with Crippen LogP contribution in [0.1, 0.15) is 37.7 Å². The molecule has 0 bridgehead atoms. The molecule has 11 nitrogen and oxygen atoms in total. The maximum Gasteiger partial charge on any atom is 0.233 e. The zero-order valence-corrected chi connectivity index (χ0v) is 27.1. The summed E-state index contributed by atoms with van der Waals surface area (Å²) >= 11 is 6.30. The largest absolute Gasteiger partial charge is 0.497 e. The van der Waals surface area contributed by atoms with E-state index in [4.69, 9.17) is 35.8 Å². The number of pyridine rings is 1. The van der Waals surface area contributed by atoms with Gasteiger partial charge < -0.3 is 35.5 Å². The van der Waals surface area contributed by atoms with Crippen LogP contribution in [0.4, 0.5) is 23.5 Å². The smallest absolute Gasteiger partial charge is 0.233 e. The van der Waals surface area contributed by atoms with Gasteiger partial charge >= 0.3 is 0 Å². The quantitative estimate of drug-likeness (QED) is 0.0787. The summed E-state index contributed by atoms with van der Waals surface area (Å²) in [6.07, 6.45) is 5.88. The van der Waals surface area contributed by atoms with Gasteiger partial charge in [-0.05, 0) is 48.7 Å². The van der Waals surface area contributed by atoms with E-state index in [-0.39, 0.29) is 0 Å². The fraction of sp³-hybridized carbons (Fsp3) is 0.353. The summed E-state index contributed by atoms with van der Waals surface area (Å²) in [5.41, 5.74) is 3.63. The molecule has 1 saturated carbocycles. The van der Waals surface area contributed by atoms with Gasteiger partial charge in [-0.15, -0.1) is 0 Å². The molecule has 5 aromatic rings. The fourth-order valence-corrected chi connectivity index (χ4v) is 5.96. The highest BCUT2D eigenvalue weighted by atomic mass is 35.5. The first-order valence-corrected chi connectivity index (χ1v) is 15.9. The van der Waals surface area contributed by atoms with Crippen molar-refractivity contribution in [2.24, 2.45) is 0 Å². The van der Waals surface area contributed by atoms with Crippen molar-refractivity contribution in [2.45, 2.75) is 44.7 Å². The first kappa shape index (κ1) is 31.4. The van der Waals surface area contributed by atoms with E-state index in [1.165, 1.54) is 19.3 Å². The van der Waals surface area contributed by atoms with Gasteiger partial charge in [0.1, 0.15) is 17.2 Å². The lowest BCUT2D eigenvalue weighted by molar-refractivity contribution is 0.395. The number of hydrogen-bond acceptors (Lipinski definition) is 11. The van der Waals surface area contributed by atoms with Crippen molar-refractivity contribution in [3.8, 4) is 17.2 Å². The first-order chi connectivity index (χ1) is 22.5. The minimum atomic E-state index is 0.342. The number of benzene rings is 3. The Bertz CT molecular complexity index is 1790. The maximum atomic E-state index is 6.30. The monoisotopic (exact) mass is 642 g/mol. The molecule has 0 unspecified atom stereocenters. The summed E-state index contributed by atoms with van der Waals surface area (Å²) in [7, 11) is 4.91. The van der Waals surface area contributed by atoms with Gasteiger partial charge in [0.2, 0.25) is 17.8 Å². The Balaban J connectivity index is 1.17. The van der Waals surface area contributed by atoms with E-state index in [1.54, 1.807) is 21.3 Å². The van der Waals surface area contributed by atoms with Crippen molar-refractivity contribution in [1.29, 1.82) is 0 Å². The molecular formula is C34H39ClN8O3. The van der Waals surface area contributed by atoms with Gasteiger partial charge in [0.05, 0.1) is 32.4 Å². The number of methoxy groups -OCH3 is 3. The van der Waals surface area contributed by atoms with Crippen LogP contribution >= 0.6 is 11.6 Å². The Morgan fingerprint density at radius 1 is 0.696 bits per heavy atom. The highest BCUT2D eigenvalue weighted by Crippen LogP contribution is 2.31. The summed E-state index contributed by atoms with van der Waals surface area (Å²) in [4.78, 5) is 18.9. The van der Waals surface area contributed by atoms with Crippen LogP contribution < -0.4 is 35.5 Å². The number of nitrogens with zero attached hydrogens (tertiary/aromatic N) is 4. The van der Waals surface area contributed by atoms with Crippen LogP contribution in [0.15, 0.2) is 54.6 Å². The number of hydrogen-bond donors (Lipinski definition) is 4. The Hall–Kier alpha value is -4.61. The molecule has 0 amide bonds. The van der Waals surface area contributed by atoms with Crippen LogP contribution in [-0.4, -0.2) is 60.4 Å². The summed E-state index contributed by atoms with van der Waals surface area (Å²) < 4.78 is 16.4. The van der Waals surface area contributed by atoms with E-state index < -0.39 is 0 Å². The standard InChI is InChI=1S/C34H39ClN8O3/c1-44-24-10-12-30-28(19-24)29(27-11-9-21(35)15-31(27)40-30)20-36-13-14-37-32-41-33(38-22-7-5-4-6-8-22)43-34(42-32)39-23-16-25(45-2)18-26(17-23)46-3/h9-12,15-19,22,36H,4-8,13-14,20H2,1-3H3,(H3,37,38,39,41,42,43). The van der Waals surface area contributed by atoms with E-state index in [1.807, 2.05) is 54.6 Å². The van der Waals surface area contributed by atoms with E-state index in [0.717, 1.165) is 51.6 Å². The molecule has 12 heteroatoms. The molecular weight excluding hydrogens is 604 g/mol. The molecule has 2 heterocycles. The molecule has 3 aromatic carbocycles. The Labute approximate surface area is 273 Å². The lowest BCUT2D eigenvalue weighted by Gasteiger charge is -2.23. The van der Waals surface area contributed by atoms with Crippen molar-refractivity contribution < 1.29 is 14.2 Å². The SMILES string of the molecule is COc1cc(Nc2nc(NCCNCc3c4ccc(Cl)cc4nc4ccc(OC)cc34)nc(NC3CCCCC3)n2)cc(OC)c1. The third-order valence-corrected chi connectivity index (χ3v) is 8.36. The Morgan fingerprint density at radius 2 is 1.43 bits per heavy atom. The molecule has 46 heavy (non-hydrogen) atoms. The molecule has 4 N–H and O–H groups in total. The number of rotatable bonds is 13. The number of aromatic nitrogens is 4. The molecule has 2 aromatic heterocycles. The van der Waals surface area contributed by atoms with Gasteiger partial charge in [-0.3, -0.25) is 0 Å². The maximum absolute atomic E-state index is 6.30. The number of ether oxygens (including phenoxy) is 3. The van der Waals surface area contributed by atoms with Crippen LogP contribution in [0, 0.1) is 0 Å². The van der Waals surface area contributed by atoms with Crippen molar-refractivity contribution in [3.63, 3.8) is 0 Å². The van der Waals surface area contributed by atoms with Gasteiger partial charge in [0.15, 0.2) is 0 Å². The fourth-order valence-electron chi connectivity index (χ4n) is 5.79. The first-order valence-electron chi connectivity index (χ1n) is 15.5.